The van der Waals surface area contributed by atoms with E-state index in [1.54, 1.807) is 14.2 Å². The van der Waals surface area contributed by atoms with Gasteiger partial charge in [-0.05, 0) is 6.42 Å². The summed E-state index contributed by atoms with van der Waals surface area (Å²) in [6.45, 7) is 1.11. The van der Waals surface area contributed by atoms with Crippen LogP contribution in [0.5, 0.6) is 0 Å². The molecule has 17 heavy (non-hydrogen) atoms. The Hall–Kier alpha value is -1.63. The van der Waals surface area contributed by atoms with Gasteiger partial charge in [-0.25, -0.2) is 4.79 Å². The molecular weight excluding hydrogens is 228 g/mol. The second kappa shape index (κ2) is 6.19. The van der Waals surface area contributed by atoms with Crippen molar-refractivity contribution in [3.05, 3.63) is 0 Å². The van der Waals surface area contributed by atoms with Crippen molar-refractivity contribution >= 4 is 17.6 Å². The van der Waals surface area contributed by atoms with E-state index in [2.05, 4.69) is 5.16 Å². The van der Waals surface area contributed by atoms with Gasteiger partial charge in [-0.3, -0.25) is 4.79 Å². The molecule has 1 rings (SSSR count). The van der Waals surface area contributed by atoms with Crippen LogP contribution in [0.15, 0.2) is 5.16 Å². The number of amides is 1. The number of hydrogen-bond acceptors (Lipinski definition) is 5. The highest BCUT2D eigenvalue weighted by Crippen LogP contribution is 2.13. The quantitative estimate of drug-likeness (QED) is 0.649. The van der Waals surface area contributed by atoms with Crippen molar-refractivity contribution in [3.8, 4) is 0 Å². The number of carboxylic acid groups (broad SMARTS) is 1. The van der Waals surface area contributed by atoms with Gasteiger partial charge in [-0.2, -0.15) is 0 Å². The Labute approximate surface area is 99.0 Å². The van der Waals surface area contributed by atoms with E-state index in [4.69, 9.17) is 14.7 Å². The zero-order valence-corrected chi connectivity index (χ0v) is 9.88. The van der Waals surface area contributed by atoms with Crippen LogP contribution in [0.3, 0.4) is 0 Å². The van der Waals surface area contributed by atoms with Crippen molar-refractivity contribution in [1.29, 1.82) is 0 Å². The maximum Gasteiger partial charge on any atom is 0.353 e. The lowest BCUT2D eigenvalue weighted by molar-refractivity contribution is -0.140. The van der Waals surface area contributed by atoms with Crippen LogP contribution in [0.25, 0.3) is 0 Å². The lowest BCUT2D eigenvalue weighted by atomic mass is 10.1. The van der Waals surface area contributed by atoms with Gasteiger partial charge in [-0.15, -0.1) is 0 Å². The topological polar surface area (TPSA) is 88.4 Å². The average molecular weight is 244 g/mol. The Morgan fingerprint density at radius 2 is 2.35 bits per heavy atom. The third-order valence-electron chi connectivity index (χ3n) is 2.41. The van der Waals surface area contributed by atoms with E-state index in [-0.39, 0.29) is 18.0 Å². The zero-order chi connectivity index (χ0) is 12.8. The summed E-state index contributed by atoms with van der Waals surface area (Å²) in [5, 5.41) is 12.0. The molecule has 0 aromatic carbocycles. The van der Waals surface area contributed by atoms with Gasteiger partial charge in [0.15, 0.2) is 5.71 Å². The van der Waals surface area contributed by atoms with Crippen molar-refractivity contribution in [2.75, 3.05) is 27.3 Å². The van der Waals surface area contributed by atoms with Crippen LogP contribution in [0.4, 0.5) is 0 Å². The van der Waals surface area contributed by atoms with E-state index in [0.717, 1.165) is 6.42 Å². The molecule has 1 aliphatic rings. The normalized spacial score (nSPS) is 18.5. The molecule has 1 atom stereocenters. The van der Waals surface area contributed by atoms with Crippen LogP contribution >= 0.6 is 0 Å². The Kier molecular flexibility index (Phi) is 4.89. The fourth-order valence-corrected chi connectivity index (χ4v) is 1.44. The number of ether oxygens (including phenoxy) is 1. The Morgan fingerprint density at radius 1 is 1.65 bits per heavy atom. The number of methoxy groups -OCH3 is 1. The summed E-state index contributed by atoms with van der Waals surface area (Å²) in [4.78, 5) is 28.7. The summed E-state index contributed by atoms with van der Waals surface area (Å²) < 4.78 is 4.88. The summed E-state index contributed by atoms with van der Waals surface area (Å²) in [5.41, 5.74) is -0.117. The standard InChI is InChI=1S/C10H16N2O5/c1-12(4-3-5-16-2)9(13)8-6-7(10(14)15)11-17-8/h8H,3-6H2,1-2H3,(H,14,15). The third kappa shape index (κ3) is 3.70. The summed E-state index contributed by atoms with van der Waals surface area (Å²) >= 11 is 0. The number of carbonyl (C=O) groups is 2. The number of oxime groups is 1. The highest BCUT2D eigenvalue weighted by Gasteiger charge is 2.33. The molecule has 0 radical (unpaired) electrons. The maximum absolute atomic E-state index is 11.8. The lowest BCUT2D eigenvalue weighted by Gasteiger charge is -2.19. The van der Waals surface area contributed by atoms with Gasteiger partial charge in [0, 0.05) is 33.7 Å². The van der Waals surface area contributed by atoms with Gasteiger partial charge >= 0.3 is 5.97 Å². The summed E-state index contributed by atoms with van der Waals surface area (Å²) in [5.74, 6) is -1.41. The molecule has 1 aliphatic heterocycles. The number of aliphatic carboxylic acids is 1. The second-order valence-corrected chi connectivity index (χ2v) is 3.75. The minimum Gasteiger partial charge on any atom is -0.477 e. The van der Waals surface area contributed by atoms with Gasteiger partial charge in [0.05, 0.1) is 0 Å². The Balaban J connectivity index is 2.37. The van der Waals surface area contributed by atoms with E-state index < -0.39 is 12.1 Å². The van der Waals surface area contributed by atoms with Crippen molar-refractivity contribution in [2.24, 2.45) is 5.16 Å². The molecule has 1 N–H and O–H groups in total. The number of rotatable bonds is 6. The van der Waals surface area contributed by atoms with Gasteiger partial charge in [0.25, 0.3) is 5.91 Å². The van der Waals surface area contributed by atoms with Gasteiger partial charge in [0.1, 0.15) is 0 Å². The smallest absolute Gasteiger partial charge is 0.353 e. The molecule has 0 spiro atoms. The highest BCUT2D eigenvalue weighted by molar-refractivity contribution is 6.36. The van der Waals surface area contributed by atoms with Crippen LogP contribution in [-0.4, -0.2) is 61.0 Å². The second-order valence-electron chi connectivity index (χ2n) is 3.75. The monoisotopic (exact) mass is 244 g/mol. The zero-order valence-electron chi connectivity index (χ0n) is 9.88. The predicted octanol–water partition coefficient (Wildman–Crippen LogP) is -0.289. The van der Waals surface area contributed by atoms with E-state index in [0.29, 0.717) is 13.2 Å². The summed E-state index contributed by atoms with van der Waals surface area (Å²) in [7, 11) is 3.23. The first kappa shape index (κ1) is 13.4. The molecule has 0 aliphatic carbocycles. The van der Waals surface area contributed by atoms with E-state index in [1.165, 1.54) is 4.90 Å². The summed E-state index contributed by atoms with van der Waals surface area (Å²) in [6.07, 6.45) is -0.0744. The van der Waals surface area contributed by atoms with Crippen LogP contribution in [0.2, 0.25) is 0 Å². The van der Waals surface area contributed by atoms with Gasteiger partial charge < -0.3 is 19.6 Å². The minimum absolute atomic E-state index is 0.0167. The largest absolute Gasteiger partial charge is 0.477 e. The highest BCUT2D eigenvalue weighted by atomic mass is 16.6. The number of likely N-dealkylation sites (N-methyl/N-ethyl adjacent to an activating group) is 1. The van der Waals surface area contributed by atoms with Gasteiger partial charge in [-0.1, -0.05) is 5.16 Å². The molecular formula is C10H16N2O5. The number of carboxylic acids is 1. The first-order valence-corrected chi connectivity index (χ1v) is 5.26. The average Bonchev–Trinajstić information content (AvgIpc) is 2.77. The molecule has 0 aromatic heterocycles. The van der Waals surface area contributed by atoms with Crippen LogP contribution in [-0.2, 0) is 19.2 Å². The van der Waals surface area contributed by atoms with Crippen LogP contribution < -0.4 is 0 Å². The molecule has 1 amide bonds. The Morgan fingerprint density at radius 3 is 2.88 bits per heavy atom. The first-order chi connectivity index (χ1) is 8.06. The minimum atomic E-state index is -1.15. The van der Waals surface area contributed by atoms with Crippen molar-refractivity contribution < 1.29 is 24.3 Å². The summed E-state index contributed by atoms with van der Waals surface area (Å²) in [6, 6.07) is 0. The van der Waals surface area contributed by atoms with E-state index >= 15 is 0 Å². The SMILES string of the molecule is COCCCN(C)C(=O)C1CC(C(=O)O)=NO1. The molecule has 96 valence electrons. The number of nitrogens with zero attached hydrogens (tertiary/aromatic N) is 2. The van der Waals surface area contributed by atoms with Crippen molar-refractivity contribution in [3.63, 3.8) is 0 Å². The molecule has 0 fully saturated rings. The maximum atomic E-state index is 11.8. The molecule has 0 saturated carbocycles. The number of carbonyl (C=O) groups excluding carboxylic acids is 1. The lowest BCUT2D eigenvalue weighted by Crippen LogP contribution is -2.37. The van der Waals surface area contributed by atoms with Crippen molar-refractivity contribution in [2.45, 2.75) is 18.9 Å². The number of hydrogen-bond donors (Lipinski definition) is 1. The van der Waals surface area contributed by atoms with E-state index in [9.17, 15) is 9.59 Å². The predicted molar refractivity (Wildman–Crippen MR) is 58.7 cm³/mol. The molecule has 0 aromatic rings. The fourth-order valence-electron chi connectivity index (χ4n) is 1.44. The molecule has 7 heteroatoms. The molecule has 7 nitrogen and oxygen atoms in total. The van der Waals surface area contributed by atoms with E-state index in [1.807, 2.05) is 0 Å². The fraction of sp³-hybridized carbons (Fsp3) is 0.700. The third-order valence-corrected chi connectivity index (χ3v) is 2.41. The van der Waals surface area contributed by atoms with Crippen molar-refractivity contribution in [1.82, 2.24) is 4.90 Å². The molecule has 1 unspecified atom stereocenters. The molecule has 1 heterocycles. The first-order valence-electron chi connectivity index (χ1n) is 5.26. The van der Waals surface area contributed by atoms with Gasteiger partial charge in [0.2, 0.25) is 6.10 Å². The molecule has 0 bridgehead atoms. The van der Waals surface area contributed by atoms with Crippen LogP contribution in [0.1, 0.15) is 12.8 Å². The molecule has 0 saturated heterocycles. The van der Waals surface area contributed by atoms with Crippen LogP contribution in [0, 0.1) is 0 Å². The Bertz CT molecular complexity index is 329.